The van der Waals surface area contributed by atoms with Crippen LogP contribution in [0.5, 0.6) is 0 Å². The van der Waals surface area contributed by atoms with E-state index in [0.717, 1.165) is 0 Å². The van der Waals surface area contributed by atoms with Crippen molar-refractivity contribution in [1.29, 1.82) is 5.26 Å². The maximum absolute atomic E-state index is 12.4. The number of aryl methyl sites for hydroxylation is 1. The maximum Gasteiger partial charge on any atom is 0.120 e. The molecule has 0 bridgehead atoms. The molecular weight excluding hydrogens is 155 g/mol. The lowest BCUT2D eigenvalue weighted by Crippen LogP contribution is -2.04. The van der Waals surface area contributed by atoms with Crippen molar-refractivity contribution in [3.8, 4) is 6.07 Å². The second-order valence-corrected chi connectivity index (χ2v) is 2.77. The third kappa shape index (κ3) is 2.09. The summed E-state index contributed by atoms with van der Waals surface area (Å²) in [6.45, 7) is 2.10. The summed E-state index contributed by atoms with van der Waals surface area (Å²) in [7, 11) is 0. The largest absolute Gasteiger partial charge is 0.339 e. The fourth-order valence-corrected chi connectivity index (χ4v) is 1.03. The van der Waals surface area contributed by atoms with Crippen molar-refractivity contribution in [3.63, 3.8) is 0 Å². The molecule has 1 aromatic heterocycles. The monoisotopic (exact) mass is 166 g/mol. The van der Waals surface area contributed by atoms with E-state index < -0.39 is 6.17 Å². The molecule has 1 rings (SSSR count). The molecule has 0 saturated heterocycles. The van der Waals surface area contributed by atoms with Crippen LogP contribution < -0.4 is 0 Å². The lowest BCUT2D eigenvalue weighted by atomic mass is 10.3. The lowest BCUT2D eigenvalue weighted by molar-refractivity contribution is 0.325. The van der Waals surface area contributed by atoms with Gasteiger partial charge in [0.2, 0.25) is 0 Å². The summed E-state index contributed by atoms with van der Waals surface area (Å²) in [5, 5.41) is 8.61. The molecule has 0 fully saturated rings. The van der Waals surface area contributed by atoms with Gasteiger partial charge in [-0.25, -0.2) is 4.39 Å². The van der Waals surface area contributed by atoms with Crippen molar-refractivity contribution in [3.05, 3.63) is 24.0 Å². The van der Waals surface area contributed by atoms with Gasteiger partial charge in [0.1, 0.15) is 11.8 Å². The van der Waals surface area contributed by atoms with E-state index in [0.29, 0.717) is 18.7 Å². The lowest BCUT2D eigenvalue weighted by Gasteiger charge is -2.04. The fourth-order valence-electron chi connectivity index (χ4n) is 1.03. The van der Waals surface area contributed by atoms with E-state index >= 15 is 0 Å². The van der Waals surface area contributed by atoms with E-state index in [1.54, 1.807) is 22.9 Å². The van der Waals surface area contributed by atoms with Gasteiger partial charge in [-0.05, 0) is 25.5 Å². The van der Waals surface area contributed by atoms with Gasteiger partial charge in [-0.15, -0.1) is 0 Å². The molecule has 1 heterocycles. The van der Waals surface area contributed by atoms with Crippen LogP contribution in [0.15, 0.2) is 18.3 Å². The second kappa shape index (κ2) is 3.91. The molecule has 2 nitrogen and oxygen atoms in total. The van der Waals surface area contributed by atoms with Crippen molar-refractivity contribution in [2.24, 2.45) is 0 Å². The summed E-state index contributed by atoms with van der Waals surface area (Å²) in [6, 6.07) is 5.56. The van der Waals surface area contributed by atoms with Crippen LogP contribution in [0.4, 0.5) is 4.39 Å². The number of hydrogen-bond acceptors (Lipinski definition) is 1. The minimum Gasteiger partial charge on any atom is -0.339 e. The minimum absolute atomic E-state index is 0.462. The van der Waals surface area contributed by atoms with E-state index in [4.69, 9.17) is 5.26 Å². The van der Waals surface area contributed by atoms with Gasteiger partial charge in [-0.1, -0.05) is 0 Å². The van der Waals surface area contributed by atoms with Crippen molar-refractivity contribution >= 4 is 0 Å². The number of nitriles is 1. The molecule has 64 valence electrons. The van der Waals surface area contributed by atoms with Gasteiger partial charge in [0, 0.05) is 12.7 Å². The molecule has 1 unspecified atom stereocenters. The molecule has 0 spiro atoms. The summed E-state index contributed by atoms with van der Waals surface area (Å²) >= 11 is 0. The smallest absolute Gasteiger partial charge is 0.120 e. The Morgan fingerprint density at radius 3 is 3.08 bits per heavy atom. The van der Waals surface area contributed by atoms with Gasteiger partial charge in [0.25, 0.3) is 0 Å². The molecule has 12 heavy (non-hydrogen) atoms. The van der Waals surface area contributed by atoms with Crippen LogP contribution in [0.1, 0.15) is 19.0 Å². The van der Waals surface area contributed by atoms with E-state index in [2.05, 4.69) is 0 Å². The Bertz CT molecular complexity index is 283. The topological polar surface area (TPSA) is 28.7 Å². The van der Waals surface area contributed by atoms with Crippen LogP contribution in [0.3, 0.4) is 0 Å². The second-order valence-electron chi connectivity index (χ2n) is 2.77. The minimum atomic E-state index is -0.807. The molecule has 3 heteroatoms. The highest BCUT2D eigenvalue weighted by Gasteiger charge is 2.01. The molecule has 0 saturated carbocycles. The third-order valence-corrected chi connectivity index (χ3v) is 1.71. The molecule has 0 radical (unpaired) electrons. The molecule has 1 atom stereocenters. The van der Waals surface area contributed by atoms with Gasteiger partial charge >= 0.3 is 0 Å². The highest BCUT2D eigenvalue weighted by molar-refractivity contribution is 5.21. The SMILES string of the molecule is CC(F)CCn1cccc1C#N. The maximum atomic E-state index is 12.4. The van der Waals surface area contributed by atoms with Gasteiger partial charge in [0.15, 0.2) is 0 Å². The summed E-state index contributed by atoms with van der Waals surface area (Å²) in [6.07, 6.45) is 1.45. The van der Waals surface area contributed by atoms with Crippen molar-refractivity contribution in [2.45, 2.75) is 26.1 Å². The van der Waals surface area contributed by atoms with E-state index in [1.165, 1.54) is 6.92 Å². The van der Waals surface area contributed by atoms with E-state index in [9.17, 15) is 4.39 Å². The normalized spacial score (nSPS) is 12.4. The third-order valence-electron chi connectivity index (χ3n) is 1.71. The molecule has 1 aromatic rings. The molecule has 0 aromatic carbocycles. The van der Waals surface area contributed by atoms with Gasteiger partial charge in [-0.3, -0.25) is 0 Å². The zero-order valence-electron chi connectivity index (χ0n) is 7.00. The van der Waals surface area contributed by atoms with Gasteiger partial charge < -0.3 is 4.57 Å². The predicted molar refractivity (Wildman–Crippen MR) is 44.3 cm³/mol. The first-order chi connectivity index (χ1) is 5.74. The van der Waals surface area contributed by atoms with Crippen LogP contribution in [-0.4, -0.2) is 10.7 Å². The molecule has 0 aliphatic carbocycles. The van der Waals surface area contributed by atoms with Gasteiger partial charge in [0.05, 0.1) is 6.17 Å². The Morgan fingerprint density at radius 2 is 2.50 bits per heavy atom. The van der Waals surface area contributed by atoms with Crippen LogP contribution in [-0.2, 0) is 6.54 Å². The first-order valence-corrected chi connectivity index (χ1v) is 3.93. The highest BCUT2D eigenvalue weighted by atomic mass is 19.1. The molecule has 0 N–H and O–H groups in total. The summed E-state index contributed by atoms with van der Waals surface area (Å²) in [5.74, 6) is 0. The number of alkyl halides is 1. The van der Waals surface area contributed by atoms with Crippen molar-refractivity contribution in [2.75, 3.05) is 0 Å². The Hall–Kier alpha value is -1.30. The predicted octanol–water partition coefficient (Wildman–Crippen LogP) is 2.11. The van der Waals surface area contributed by atoms with Crippen LogP contribution in [0.2, 0.25) is 0 Å². The first-order valence-electron chi connectivity index (χ1n) is 3.93. The van der Waals surface area contributed by atoms with Crippen LogP contribution >= 0.6 is 0 Å². The van der Waals surface area contributed by atoms with Crippen LogP contribution in [0, 0.1) is 11.3 Å². The van der Waals surface area contributed by atoms with Crippen molar-refractivity contribution in [1.82, 2.24) is 4.57 Å². The average Bonchev–Trinajstić information content (AvgIpc) is 2.47. The standard InChI is InChI=1S/C9H11FN2/c1-8(10)4-6-12-5-2-3-9(12)7-11/h2-3,5,8H,4,6H2,1H3. The van der Waals surface area contributed by atoms with E-state index in [1.807, 2.05) is 6.07 Å². The van der Waals surface area contributed by atoms with E-state index in [-0.39, 0.29) is 0 Å². The Balaban J connectivity index is 2.58. The number of halogens is 1. The summed E-state index contributed by atoms with van der Waals surface area (Å²) < 4.78 is 14.2. The van der Waals surface area contributed by atoms with Gasteiger partial charge in [-0.2, -0.15) is 5.26 Å². The Kier molecular flexibility index (Phi) is 2.87. The fraction of sp³-hybridized carbons (Fsp3) is 0.444. The Morgan fingerprint density at radius 1 is 1.75 bits per heavy atom. The molecule has 0 amide bonds. The quantitative estimate of drug-likeness (QED) is 0.676. The van der Waals surface area contributed by atoms with Crippen LogP contribution in [0.25, 0.3) is 0 Å². The first kappa shape index (κ1) is 8.79. The summed E-state index contributed by atoms with van der Waals surface area (Å²) in [5.41, 5.74) is 0.593. The Labute approximate surface area is 71.2 Å². The molecule has 0 aliphatic heterocycles. The highest BCUT2D eigenvalue weighted by Crippen LogP contribution is 2.04. The zero-order valence-corrected chi connectivity index (χ0v) is 7.00. The molecular formula is C9H11FN2. The van der Waals surface area contributed by atoms with Crippen molar-refractivity contribution < 1.29 is 4.39 Å². The number of aromatic nitrogens is 1. The summed E-state index contributed by atoms with van der Waals surface area (Å²) in [4.78, 5) is 0. The average molecular weight is 166 g/mol. The molecule has 0 aliphatic rings. The number of rotatable bonds is 3. The number of hydrogen-bond donors (Lipinski definition) is 0. The number of nitrogens with zero attached hydrogens (tertiary/aromatic N) is 2. The zero-order chi connectivity index (χ0) is 8.97.